The van der Waals surface area contributed by atoms with Crippen LogP contribution in [0.2, 0.25) is 0 Å². The van der Waals surface area contributed by atoms with Crippen molar-refractivity contribution in [3.8, 4) is 0 Å². The van der Waals surface area contributed by atoms with E-state index in [1.165, 1.54) is 4.90 Å². The monoisotopic (exact) mass is 488 g/mol. The van der Waals surface area contributed by atoms with Gasteiger partial charge in [-0.05, 0) is 35.4 Å². The minimum atomic E-state index is -1.27. The summed E-state index contributed by atoms with van der Waals surface area (Å²) in [6.07, 6.45) is 0.685. The van der Waals surface area contributed by atoms with Gasteiger partial charge in [0.25, 0.3) is 0 Å². The molecule has 1 heterocycles. The van der Waals surface area contributed by atoms with Gasteiger partial charge < -0.3 is 25.8 Å². The lowest BCUT2D eigenvalue weighted by Gasteiger charge is -2.26. The number of hydrogen-bond donors (Lipinski definition) is 3. The van der Waals surface area contributed by atoms with Gasteiger partial charge in [0, 0.05) is 24.0 Å². The Labute approximate surface area is 208 Å². The van der Waals surface area contributed by atoms with Crippen LogP contribution >= 0.6 is 0 Å². The molecule has 0 radical (unpaired) electrons. The number of hydrogen-bond acceptors (Lipinski definition) is 6. The van der Waals surface area contributed by atoms with Crippen LogP contribution in [0.5, 0.6) is 0 Å². The molecule has 186 valence electrons. The van der Waals surface area contributed by atoms with Crippen LogP contribution in [0.3, 0.4) is 0 Å². The fourth-order valence-corrected chi connectivity index (χ4v) is 4.00. The third-order valence-corrected chi connectivity index (χ3v) is 5.88. The van der Waals surface area contributed by atoms with Gasteiger partial charge in [0.15, 0.2) is 0 Å². The average molecular weight is 489 g/mol. The molecule has 4 N–H and O–H groups in total. The zero-order chi connectivity index (χ0) is 25.7. The molecular weight excluding hydrogens is 460 g/mol. The number of nitrogens with one attached hydrogen (secondary N) is 1. The fraction of sp³-hybridized carbons (Fsp3) is 0.222. The van der Waals surface area contributed by atoms with Gasteiger partial charge in [0.2, 0.25) is 5.91 Å². The topological polar surface area (TPSA) is 125 Å². The highest BCUT2D eigenvalue weighted by molar-refractivity contribution is 5.88. The first kappa shape index (κ1) is 24.7. The van der Waals surface area contributed by atoms with Gasteiger partial charge in [-0.15, -0.1) is 0 Å². The van der Waals surface area contributed by atoms with Gasteiger partial charge in [-0.3, -0.25) is 9.69 Å². The zero-order valence-electron chi connectivity index (χ0n) is 19.8. The molecule has 3 aromatic carbocycles. The Morgan fingerprint density at radius 1 is 1.03 bits per heavy atom. The molecule has 4 rings (SSSR count). The van der Waals surface area contributed by atoms with Crippen molar-refractivity contribution < 1.29 is 24.2 Å². The van der Waals surface area contributed by atoms with Gasteiger partial charge in [0.05, 0.1) is 6.04 Å². The molecule has 2 amide bonds. The van der Waals surface area contributed by atoms with Gasteiger partial charge in [-0.2, -0.15) is 0 Å². The van der Waals surface area contributed by atoms with E-state index in [1.807, 2.05) is 65.6 Å². The van der Waals surface area contributed by atoms with E-state index in [4.69, 9.17) is 10.5 Å². The molecular formula is C27H28N4O5. The third-order valence-electron chi connectivity index (χ3n) is 5.88. The summed E-state index contributed by atoms with van der Waals surface area (Å²) >= 11 is 0. The second kappa shape index (κ2) is 10.9. The van der Waals surface area contributed by atoms with Crippen LogP contribution in [0.4, 0.5) is 10.5 Å². The molecule has 36 heavy (non-hydrogen) atoms. The van der Waals surface area contributed by atoms with Crippen molar-refractivity contribution in [1.29, 1.82) is 0 Å². The number of carboxylic acids is 1. The normalized spacial score (nSPS) is 14.8. The summed E-state index contributed by atoms with van der Waals surface area (Å²) in [5, 5.41) is 14.3. The number of aliphatic carboxylic acids is 1. The van der Waals surface area contributed by atoms with Crippen molar-refractivity contribution in [2.24, 2.45) is 5.73 Å². The Hall–Kier alpha value is -4.37. The van der Waals surface area contributed by atoms with E-state index in [-0.39, 0.29) is 25.6 Å². The smallest absolute Gasteiger partial charge is 0.408 e. The first-order valence-electron chi connectivity index (χ1n) is 11.5. The second-order valence-corrected chi connectivity index (χ2v) is 8.62. The van der Waals surface area contributed by atoms with Crippen molar-refractivity contribution in [2.75, 3.05) is 11.6 Å². The van der Waals surface area contributed by atoms with Crippen LogP contribution in [0, 0.1) is 0 Å². The van der Waals surface area contributed by atoms with Gasteiger partial charge in [0.1, 0.15) is 19.3 Å². The number of alkyl carbamates (subject to hydrolysis) is 1. The van der Waals surface area contributed by atoms with Crippen LogP contribution in [0.1, 0.15) is 18.9 Å². The Balaban J connectivity index is 1.53. The number of amides is 2. The van der Waals surface area contributed by atoms with E-state index < -0.39 is 24.1 Å². The number of nitrogens with zero attached hydrogens (tertiary/aromatic N) is 2. The van der Waals surface area contributed by atoms with E-state index in [2.05, 4.69) is 5.32 Å². The Morgan fingerprint density at radius 3 is 2.42 bits per heavy atom. The molecule has 0 saturated heterocycles. The van der Waals surface area contributed by atoms with Gasteiger partial charge in [-0.1, -0.05) is 60.7 Å². The lowest BCUT2D eigenvalue weighted by atomic mass is 10.1. The summed E-state index contributed by atoms with van der Waals surface area (Å²) in [5.74, 6) is -1.51. The molecule has 2 atom stereocenters. The lowest BCUT2D eigenvalue weighted by molar-refractivity contribution is -0.139. The molecule has 9 nitrogen and oxygen atoms in total. The summed E-state index contributed by atoms with van der Waals surface area (Å²) in [4.78, 5) is 40.3. The number of benzene rings is 3. The molecule has 0 aromatic heterocycles. The number of anilines is 1. The number of carbonyl (C=O) groups is 3. The van der Waals surface area contributed by atoms with Crippen LogP contribution < -0.4 is 16.0 Å². The minimum Gasteiger partial charge on any atom is -0.480 e. The molecule has 3 aromatic rings. The summed E-state index contributed by atoms with van der Waals surface area (Å²) in [6.45, 7) is 1.79. The van der Waals surface area contributed by atoms with Crippen molar-refractivity contribution >= 4 is 34.4 Å². The highest BCUT2D eigenvalue weighted by Gasteiger charge is 2.32. The number of ether oxygens (including phenoxy) is 1. The first-order valence-corrected chi connectivity index (χ1v) is 11.5. The van der Waals surface area contributed by atoms with Crippen LogP contribution in [-0.2, 0) is 20.9 Å². The van der Waals surface area contributed by atoms with E-state index >= 15 is 0 Å². The van der Waals surface area contributed by atoms with E-state index in [0.29, 0.717) is 5.70 Å². The molecule has 1 aliphatic rings. The molecule has 0 spiro atoms. The molecule has 0 fully saturated rings. The van der Waals surface area contributed by atoms with Crippen LogP contribution in [0.25, 0.3) is 10.8 Å². The number of carboxylic acid groups (broad SMARTS) is 1. The molecule has 0 bridgehead atoms. The number of fused-ring (bicyclic) bond motifs is 1. The second-order valence-electron chi connectivity index (χ2n) is 8.62. The highest BCUT2D eigenvalue weighted by Crippen LogP contribution is 2.30. The maximum absolute atomic E-state index is 12.6. The number of nitrogens with two attached hydrogens (primary N) is 1. The molecule has 0 aliphatic carbocycles. The first-order chi connectivity index (χ1) is 17.3. The molecule has 0 saturated carbocycles. The number of carbonyl (C=O) groups excluding carboxylic acids is 2. The highest BCUT2D eigenvalue weighted by atomic mass is 16.5. The van der Waals surface area contributed by atoms with E-state index in [0.717, 1.165) is 22.0 Å². The maximum Gasteiger partial charge on any atom is 0.408 e. The Kier molecular flexibility index (Phi) is 7.50. The lowest BCUT2D eigenvalue weighted by Crippen LogP contribution is -2.43. The minimum absolute atomic E-state index is 0.0155. The molecule has 1 aliphatic heterocycles. The van der Waals surface area contributed by atoms with E-state index in [9.17, 15) is 19.5 Å². The zero-order valence-corrected chi connectivity index (χ0v) is 19.8. The van der Waals surface area contributed by atoms with Gasteiger partial charge in [-0.25, -0.2) is 9.59 Å². The van der Waals surface area contributed by atoms with E-state index in [1.54, 1.807) is 25.3 Å². The number of rotatable bonds is 8. The largest absolute Gasteiger partial charge is 0.480 e. The van der Waals surface area contributed by atoms with Crippen molar-refractivity contribution in [3.05, 3.63) is 90.3 Å². The molecule has 9 heteroatoms. The van der Waals surface area contributed by atoms with Crippen molar-refractivity contribution in [3.63, 3.8) is 0 Å². The van der Waals surface area contributed by atoms with Crippen molar-refractivity contribution in [2.45, 2.75) is 32.0 Å². The van der Waals surface area contributed by atoms with Crippen LogP contribution in [0.15, 0.2) is 84.7 Å². The summed E-state index contributed by atoms with van der Waals surface area (Å²) in [6, 6.07) is 20.8. The SMILES string of the molecule is C[C@H](N)C(=O)N1C=C(C[C@H](NC(=O)OCc2ccccc2)C(=O)O)N(c2ccc3ccccc3c2)C1. The van der Waals surface area contributed by atoms with Crippen molar-refractivity contribution in [1.82, 2.24) is 10.2 Å². The predicted octanol–water partition coefficient (Wildman–Crippen LogP) is 3.40. The summed E-state index contributed by atoms with van der Waals surface area (Å²) in [7, 11) is 0. The van der Waals surface area contributed by atoms with Crippen LogP contribution in [-0.4, -0.2) is 46.7 Å². The quantitative estimate of drug-likeness (QED) is 0.444. The van der Waals surface area contributed by atoms with Gasteiger partial charge >= 0.3 is 12.1 Å². The third kappa shape index (κ3) is 5.81. The average Bonchev–Trinajstić information content (AvgIpc) is 3.30. The summed E-state index contributed by atoms with van der Waals surface area (Å²) < 4.78 is 5.20. The fourth-order valence-electron chi connectivity index (χ4n) is 4.00. The maximum atomic E-state index is 12.6. The Bertz CT molecular complexity index is 1290. The predicted molar refractivity (Wildman–Crippen MR) is 136 cm³/mol. The molecule has 0 unspecified atom stereocenters. The Morgan fingerprint density at radius 2 is 1.72 bits per heavy atom. The standard InChI is InChI=1S/C27H28N4O5/c1-18(28)25(32)30-15-23(31(17-30)22-12-11-20-9-5-6-10-21(20)13-22)14-24(26(33)34)29-27(35)36-16-19-7-3-2-4-8-19/h2-13,15,18,24H,14,16-17,28H2,1H3,(H,29,35)(H,33,34)/t18-,24-/m0/s1. The summed E-state index contributed by atoms with van der Waals surface area (Å²) in [5.41, 5.74) is 7.93.